The van der Waals surface area contributed by atoms with Crippen LogP contribution in [-0.4, -0.2) is 34.2 Å². The fourth-order valence-corrected chi connectivity index (χ4v) is 2.98. The van der Waals surface area contributed by atoms with Gasteiger partial charge in [-0.2, -0.15) is 5.10 Å². The van der Waals surface area contributed by atoms with Crippen LogP contribution in [0.5, 0.6) is 0 Å². The van der Waals surface area contributed by atoms with Gasteiger partial charge in [0.25, 0.3) is 5.91 Å². The molecule has 1 aromatic heterocycles. The monoisotopic (exact) mass is 304 g/mol. The standard InChI is InChI=1S/C16H24N4O2/c1-3-10(2)20-14(11-6-7-11)12(9-18-20)15(21)19-13-5-4-8-17-16(13)22/h9-11,13H,3-8H2,1-2H3,(H,17,22)(H,19,21)/t10-,13+/m0/s1. The van der Waals surface area contributed by atoms with Gasteiger partial charge < -0.3 is 10.6 Å². The summed E-state index contributed by atoms with van der Waals surface area (Å²) in [6, 6.07) is -0.129. The van der Waals surface area contributed by atoms with E-state index >= 15 is 0 Å². The van der Waals surface area contributed by atoms with Gasteiger partial charge in [0.2, 0.25) is 5.91 Å². The van der Waals surface area contributed by atoms with E-state index in [1.165, 1.54) is 0 Å². The molecule has 3 rings (SSSR count). The zero-order chi connectivity index (χ0) is 15.7. The van der Waals surface area contributed by atoms with Crippen molar-refractivity contribution in [2.24, 2.45) is 0 Å². The lowest BCUT2D eigenvalue weighted by molar-refractivity contribution is -0.124. The van der Waals surface area contributed by atoms with Crippen molar-refractivity contribution < 1.29 is 9.59 Å². The van der Waals surface area contributed by atoms with Crippen molar-refractivity contribution in [3.63, 3.8) is 0 Å². The summed E-state index contributed by atoms with van der Waals surface area (Å²) in [5.41, 5.74) is 1.68. The molecule has 2 atom stereocenters. The Labute approximate surface area is 130 Å². The molecule has 6 nitrogen and oxygen atoms in total. The molecule has 1 aliphatic heterocycles. The van der Waals surface area contributed by atoms with Crippen LogP contribution in [-0.2, 0) is 4.79 Å². The van der Waals surface area contributed by atoms with E-state index in [4.69, 9.17) is 0 Å². The summed E-state index contributed by atoms with van der Waals surface area (Å²) in [5, 5.41) is 10.1. The molecule has 2 N–H and O–H groups in total. The fourth-order valence-electron chi connectivity index (χ4n) is 2.98. The minimum atomic E-state index is -0.416. The molecule has 1 aliphatic carbocycles. The third-order valence-corrected chi connectivity index (χ3v) is 4.64. The van der Waals surface area contributed by atoms with Crippen molar-refractivity contribution in [2.45, 2.75) is 64.0 Å². The number of rotatable bonds is 5. The topological polar surface area (TPSA) is 76.0 Å². The Kier molecular flexibility index (Phi) is 4.18. The molecule has 0 aromatic carbocycles. The lowest BCUT2D eigenvalue weighted by Crippen LogP contribution is -2.50. The largest absolute Gasteiger partial charge is 0.354 e. The summed E-state index contributed by atoms with van der Waals surface area (Å²) in [6.07, 6.45) is 6.48. The predicted octanol–water partition coefficient (Wildman–Crippen LogP) is 1.74. The summed E-state index contributed by atoms with van der Waals surface area (Å²) < 4.78 is 1.99. The van der Waals surface area contributed by atoms with Crippen LogP contribution >= 0.6 is 0 Å². The molecule has 1 saturated heterocycles. The molecule has 2 fully saturated rings. The Morgan fingerprint density at radius 3 is 2.91 bits per heavy atom. The highest BCUT2D eigenvalue weighted by Crippen LogP contribution is 2.42. The minimum absolute atomic E-state index is 0.0816. The van der Waals surface area contributed by atoms with E-state index in [2.05, 4.69) is 29.6 Å². The van der Waals surface area contributed by atoms with Gasteiger partial charge in [-0.15, -0.1) is 0 Å². The van der Waals surface area contributed by atoms with Crippen LogP contribution in [0.2, 0.25) is 0 Å². The maximum atomic E-state index is 12.6. The van der Waals surface area contributed by atoms with E-state index in [0.717, 1.165) is 31.4 Å². The first-order valence-electron chi connectivity index (χ1n) is 8.27. The molecule has 22 heavy (non-hydrogen) atoms. The Balaban J connectivity index is 1.80. The van der Waals surface area contributed by atoms with E-state index in [9.17, 15) is 9.59 Å². The zero-order valence-electron chi connectivity index (χ0n) is 13.3. The van der Waals surface area contributed by atoms with Crippen molar-refractivity contribution >= 4 is 11.8 Å². The second kappa shape index (κ2) is 6.10. The van der Waals surface area contributed by atoms with Crippen LogP contribution in [0.3, 0.4) is 0 Å². The first-order chi connectivity index (χ1) is 10.6. The molecule has 2 aliphatic rings. The zero-order valence-corrected chi connectivity index (χ0v) is 13.3. The van der Waals surface area contributed by atoms with Gasteiger partial charge in [-0.1, -0.05) is 6.92 Å². The number of nitrogens with zero attached hydrogens (tertiary/aromatic N) is 2. The SMILES string of the molecule is CC[C@H](C)n1ncc(C(=O)N[C@@H]2CCCNC2=O)c1C1CC1. The maximum Gasteiger partial charge on any atom is 0.255 e. The maximum absolute atomic E-state index is 12.6. The average Bonchev–Trinajstić information content (AvgIpc) is 3.26. The normalized spacial score (nSPS) is 23.0. The molecule has 6 heteroatoms. The third kappa shape index (κ3) is 2.87. The van der Waals surface area contributed by atoms with E-state index in [-0.39, 0.29) is 17.9 Å². The summed E-state index contributed by atoms with van der Waals surface area (Å²) in [5.74, 6) is 0.192. The predicted molar refractivity (Wildman–Crippen MR) is 82.7 cm³/mol. The molecule has 0 bridgehead atoms. The molecule has 2 heterocycles. The minimum Gasteiger partial charge on any atom is -0.354 e. The highest BCUT2D eigenvalue weighted by atomic mass is 16.2. The first kappa shape index (κ1) is 15.1. The van der Waals surface area contributed by atoms with Gasteiger partial charge in [-0.3, -0.25) is 14.3 Å². The number of amides is 2. The van der Waals surface area contributed by atoms with Crippen LogP contribution in [0.4, 0.5) is 0 Å². The van der Waals surface area contributed by atoms with Crippen LogP contribution in [0.1, 0.15) is 74.0 Å². The molecular weight excluding hydrogens is 280 g/mol. The van der Waals surface area contributed by atoms with Gasteiger partial charge in [0.05, 0.1) is 17.5 Å². The van der Waals surface area contributed by atoms with Crippen molar-refractivity contribution in [1.82, 2.24) is 20.4 Å². The quantitative estimate of drug-likeness (QED) is 0.870. The number of hydrogen-bond acceptors (Lipinski definition) is 3. The van der Waals surface area contributed by atoms with Crippen LogP contribution in [0, 0.1) is 0 Å². The van der Waals surface area contributed by atoms with Gasteiger partial charge in [-0.25, -0.2) is 0 Å². The Morgan fingerprint density at radius 1 is 1.50 bits per heavy atom. The van der Waals surface area contributed by atoms with Gasteiger partial charge in [0, 0.05) is 18.5 Å². The van der Waals surface area contributed by atoms with Gasteiger partial charge in [-0.05, 0) is 39.0 Å². The molecule has 0 radical (unpaired) electrons. The van der Waals surface area contributed by atoms with Crippen LogP contribution in [0.15, 0.2) is 6.20 Å². The molecule has 1 saturated carbocycles. The first-order valence-corrected chi connectivity index (χ1v) is 8.27. The highest BCUT2D eigenvalue weighted by molar-refractivity contribution is 5.98. The Bertz CT molecular complexity index is 577. The van der Waals surface area contributed by atoms with E-state index < -0.39 is 6.04 Å². The smallest absolute Gasteiger partial charge is 0.255 e. The van der Waals surface area contributed by atoms with E-state index in [1.54, 1.807) is 6.20 Å². The number of carbonyl (C=O) groups excluding carboxylic acids is 2. The molecule has 0 spiro atoms. The number of nitrogens with one attached hydrogen (secondary N) is 2. The summed E-state index contributed by atoms with van der Waals surface area (Å²) in [6.45, 7) is 4.94. The molecule has 0 unspecified atom stereocenters. The number of aromatic nitrogens is 2. The summed E-state index contributed by atoms with van der Waals surface area (Å²) in [7, 11) is 0. The summed E-state index contributed by atoms with van der Waals surface area (Å²) >= 11 is 0. The summed E-state index contributed by atoms with van der Waals surface area (Å²) in [4.78, 5) is 24.4. The van der Waals surface area contributed by atoms with E-state index in [1.807, 2.05) is 4.68 Å². The fraction of sp³-hybridized carbons (Fsp3) is 0.688. The number of carbonyl (C=O) groups is 2. The molecule has 2 amide bonds. The van der Waals surface area contributed by atoms with E-state index in [0.29, 0.717) is 24.4 Å². The van der Waals surface area contributed by atoms with Gasteiger partial charge in [0.1, 0.15) is 6.04 Å². The Morgan fingerprint density at radius 2 is 2.27 bits per heavy atom. The van der Waals surface area contributed by atoms with Crippen LogP contribution < -0.4 is 10.6 Å². The van der Waals surface area contributed by atoms with Crippen molar-refractivity contribution in [1.29, 1.82) is 0 Å². The molecular formula is C16H24N4O2. The van der Waals surface area contributed by atoms with Crippen molar-refractivity contribution in [3.8, 4) is 0 Å². The lowest BCUT2D eigenvalue weighted by atomic mass is 10.1. The molecule has 1 aromatic rings. The second-order valence-electron chi connectivity index (χ2n) is 6.38. The van der Waals surface area contributed by atoms with Gasteiger partial charge in [0.15, 0.2) is 0 Å². The third-order valence-electron chi connectivity index (χ3n) is 4.64. The van der Waals surface area contributed by atoms with Crippen LogP contribution in [0.25, 0.3) is 0 Å². The van der Waals surface area contributed by atoms with Gasteiger partial charge >= 0.3 is 0 Å². The highest BCUT2D eigenvalue weighted by Gasteiger charge is 2.34. The van der Waals surface area contributed by atoms with Crippen molar-refractivity contribution in [2.75, 3.05) is 6.54 Å². The molecule has 120 valence electrons. The number of hydrogen-bond donors (Lipinski definition) is 2. The Hall–Kier alpha value is -1.85. The second-order valence-corrected chi connectivity index (χ2v) is 6.38. The van der Waals surface area contributed by atoms with Crippen molar-refractivity contribution in [3.05, 3.63) is 17.5 Å². The lowest BCUT2D eigenvalue weighted by Gasteiger charge is -2.23. The average molecular weight is 304 g/mol. The number of piperidine rings is 1.